The predicted octanol–water partition coefficient (Wildman–Crippen LogP) is 6.84. The molecule has 0 rings (SSSR count). The highest BCUT2D eigenvalue weighted by molar-refractivity contribution is 4.63. The molecule has 0 aromatic rings. The lowest BCUT2D eigenvalue weighted by molar-refractivity contribution is 0.342. The highest BCUT2D eigenvalue weighted by Crippen LogP contribution is 2.25. The van der Waals surface area contributed by atoms with Gasteiger partial charge in [0.1, 0.15) is 0 Å². The van der Waals surface area contributed by atoms with E-state index in [2.05, 4.69) is 34.6 Å². The van der Waals surface area contributed by atoms with Crippen LogP contribution in [0.5, 0.6) is 0 Å². The van der Waals surface area contributed by atoms with E-state index in [9.17, 15) is 0 Å². The van der Waals surface area contributed by atoms with Gasteiger partial charge in [-0.25, -0.2) is 0 Å². The standard InChI is InChI=1S/C18H38/c1-6-16(5)12-10-11-13-18(9-4)15-14-17(7-2)8-3/h16-18H,6-15H2,1-5H3. The summed E-state index contributed by atoms with van der Waals surface area (Å²) in [6.07, 6.45) is 14.3. The Kier molecular flexibility index (Phi) is 12.1. The fourth-order valence-electron chi connectivity index (χ4n) is 2.85. The van der Waals surface area contributed by atoms with Crippen LogP contribution in [-0.2, 0) is 0 Å². The first-order chi connectivity index (χ1) is 8.67. The molecule has 0 amide bonds. The van der Waals surface area contributed by atoms with Crippen LogP contribution >= 0.6 is 0 Å². The topological polar surface area (TPSA) is 0 Å². The number of unbranched alkanes of at least 4 members (excludes halogenated alkanes) is 1. The molecule has 0 fully saturated rings. The maximum Gasteiger partial charge on any atom is -0.0417 e. The minimum absolute atomic E-state index is 0.939. The average Bonchev–Trinajstić information content (AvgIpc) is 2.41. The smallest absolute Gasteiger partial charge is 0.0417 e. The molecule has 0 saturated carbocycles. The second-order valence-corrected chi connectivity index (χ2v) is 6.33. The van der Waals surface area contributed by atoms with Crippen molar-refractivity contribution in [3.63, 3.8) is 0 Å². The van der Waals surface area contributed by atoms with Gasteiger partial charge < -0.3 is 0 Å². The molecule has 0 aliphatic carbocycles. The number of hydrogen-bond donors (Lipinski definition) is 0. The second kappa shape index (κ2) is 12.1. The maximum absolute atomic E-state index is 2.39. The Labute approximate surface area is 117 Å². The molecule has 2 atom stereocenters. The summed E-state index contributed by atoms with van der Waals surface area (Å²) >= 11 is 0. The molecule has 0 spiro atoms. The van der Waals surface area contributed by atoms with Crippen molar-refractivity contribution in [3.05, 3.63) is 0 Å². The summed E-state index contributed by atoms with van der Waals surface area (Å²) in [4.78, 5) is 0. The molecule has 0 aromatic carbocycles. The minimum atomic E-state index is 0.939. The third kappa shape index (κ3) is 9.00. The van der Waals surface area contributed by atoms with Crippen molar-refractivity contribution in [1.82, 2.24) is 0 Å². The van der Waals surface area contributed by atoms with E-state index in [1.54, 1.807) is 0 Å². The molecule has 0 heteroatoms. The highest BCUT2D eigenvalue weighted by Gasteiger charge is 2.10. The van der Waals surface area contributed by atoms with Crippen LogP contribution in [0, 0.1) is 17.8 Å². The van der Waals surface area contributed by atoms with Crippen molar-refractivity contribution < 1.29 is 0 Å². The van der Waals surface area contributed by atoms with Gasteiger partial charge in [-0.05, 0) is 17.8 Å². The summed E-state index contributed by atoms with van der Waals surface area (Å²) in [6.45, 7) is 11.8. The molecule has 18 heavy (non-hydrogen) atoms. The Morgan fingerprint density at radius 1 is 0.556 bits per heavy atom. The molecule has 0 N–H and O–H groups in total. The van der Waals surface area contributed by atoms with Gasteiger partial charge in [0.15, 0.2) is 0 Å². The summed E-state index contributed by atoms with van der Waals surface area (Å²) < 4.78 is 0. The molecule has 0 radical (unpaired) electrons. The van der Waals surface area contributed by atoms with Crippen LogP contribution in [0.15, 0.2) is 0 Å². The van der Waals surface area contributed by atoms with Crippen LogP contribution in [-0.4, -0.2) is 0 Å². The first kappa shape index (κ1) is 18.0. The fraction of sp³-hybridized carbons (Fsp3) is 1.00. The third-order valence-electron chi connectivity index (χ3n) is 4.97. The Balaban J connectivity index is 3.63. The minimum Gasteiger partial charge on any atom is -0.0651 e. The highest BCUT2D eigenvalue weighted by atomic mass is 14.2. The fourth-order valence-corrected chi connectivity index (χ4v) is 2.85. The van der Waals surface area contributed by atoms with Gasteiger partial charge in [0, 0.05) is 0 Å². The van der Waals surface area contributed by atoms with Crippen molar-refractivity contribution in [2.45, 2.75) is 98.8 Å². The summed E-state index contributed by atoms with van der Waals surface area (Å²) in [5.41, 5.74) is 0. The van der Waals surface area contributed by atoms with Crippen LogP contribution in [0.25, 0.3) is 0 Å². The third-order valence-corrected chi connectivity index (χ3v) is 4.97. The Hall–Kier alpha value is 0. The van der Waals surface area contributed by atoms with Gasteiger partial charge in [0.05, 0.1) is 0 Å². The summed E-state index contributed by atoms with van der Waals surface area (Å²) in [5.74, 6) is 2.93. The molecule has 0 aromatic heterocycles. The van der Waals surface area contributed by atoms with Crippen molar-refractivity contribution >= 4 is 0 Å². The monoisotopic (exact) mass is 254 g/mol. The largest absolute Gasteiger partial charge is 0.0651 e. The van der Waals surface area contributed by atoms with E-state index in [4.69, 9.17) is 0 Å². The maximum atomic E-state index is 2.39. The van der Waals surface area contributed by atoms with Gasteiger partial charge in [-0.15, -0.1) is 0 Å². The van der Waals surface area contributed by atoms with E-state index in [-0.39, 0.29) is 0 Å². The van der Waals surface area contributed by atoms with Gasteiger partial charge in [0.2, 0.25) is 0 Å². The van der Waals surface area contributed by atoms with E-state index in [0.717, 1.165) is 17.8 Å². The molecule has 0 aliphatic heterocycles. The van der Waals surface area contributed by atoms with Crippen molar-refractivity contribution in [2.24, 2.45) is 17.8 Å². The first-order valence-electron chi connectivity index (χ1n) is 8.67. The lowest BCUT2D eigenvalue weighted by Gasteiger charge is -2.19. The lowest BCUT2D eigenvalue weighted by atomic mass is 9.87. The predicted molar refractivity (Wildman–Crippen MR) is 85.0 cm³/mol. The molecule has 0 nitrogen and oxygen atoms in total. The van der Waals surface area contributed by atoms with Crippen molar-refractivity contribution in [1.29, 1.82) is 0 Å². The Morgan fingerprint density at radius 2 is 1.06 bits per heavy atom. The van der Waals surface area contributed by atoms with Gasteiger partial charge in [-0.3, -0.25) is 0 Å². The Bertz CT molecular complexity index is 157. The van der Waals surface area contributed by atoms with Crippen LogP contribution < -0.4 is 0 Å². The number of rotatable bonds is 12. The zero-order chi connectivity index (χ0) is 13.8. The van der Waals surface area contributed by atoms with E-state index in [0.29, 0.717) is 0 Å². The Morgan fingerprint density at radius 3 is 1.56 bits per heavy atom. The summed E-state index contributed by atoms with van der Waals surface area (Å²) in [7, 11) is 0. The molecule has 2 unspecified atom stereocenters. The van der Waals surface area contributed by atoms with Gasteiger partial charge in [-0.2, -0.15) is 0 Å². The average molecular weight is 255 g/mol. The van der Waals surface area contributed by atoms with Gasteiger partial charge in [-0.1, -0.05) is 98.8 Å². The van der Waals surface area contributed by atoms with Crippen LogP contribution in [0.4, 0.5) is 0 Å². The van der Waals surface area contributed by atoms with Crippen LogP contribution in [0.3, 0.4) is 0 Å². The number of hydrogen-bond acceptors (Lipinski definition) is 0. The van der Waals surface area contributed by atoms with Gasteiger partial charge >= 0.3 is 0 Å². The molecule has 0 heterocycles. The zero-order valence-electron chi connectivity index (χ0n) is 13.8. The van der Waals surface area contributed by atoms with Gasteiger partial charge in [0.25, 0.3) is 0 Å². The van der Waals surface area contributed by atoms with E-state index in [1.165, 1.54) is 64.2 Å². The second-order valence-electron chi connectivity index (χ2n) is 6.33. The van der Waals surface area contributed by atoms with E-state index in [1.807, 2.05) is 0 Å². The molecular formula is C18H38. The molecule has 0 saturated heterocycles. The zero-order valence-corrected chi connectivity index (χ0v) is 13.8. The molecular weight excluding hydrogens is 216 g/mol. The summed E-state index contributed by atoms with van der Waals surface area (Å²) in [6, 6.07) is 0. The lowest BCUT2D eigenvalue weighted by Crippen LogP contribution is -2.04. The normalized spacial score (nSPS) is 15.0. The van der Waals surface area contributed by atoms with E-state index < -0.39 is 0 Å². The molecule has 0 aliphatic rings. The quantitative estimate of drug-likeness (QED) is 0.335. The SMILES string of the molecule is CCC(C)CCCCC(CC)CCC(CC)CC. The van der Waals surface area contributed by atoms with Crippen LogP contribution in [0.2, 0.25) is 0 Å². The summed E-state index contributed by atoms with van der Waals surface area (Å²) in [5, 5.41) is 0. The van der Waals surface area contributed by atoms with E-state index >= 15 is 0 Å². The van der Waals surface area contributed by atoms with Crippen molar-refractivity contribution in [3.8, 4) is 0 Å². The molecule has 0 bridgehead atoms. The van der Waals surface area contributed by atoms with Crippen molar-refractivity contribution in [2.75, 3.05) is 0 Å². The first-order valence-corrected chi connectivity index (χ1v) is 8.67. The van der Waals surface area contributed by atoms with Crippen LogP contribution in [0.1, 0.15) is 98.8 Å². The molecule has 110 valence electrons.